The minimum absolute atomic E-state index is 0.0967. The quantitative estimate of drug-likeness (QED) is 0.0715. The molecule has 2 aliphatic rings. The van der Waals surface area contributed by atoms with Gasteiger partial charge in [0.25, 0.3) is 5.91 Å². The van der Waals surface area contributed by atoms with Crippen LogP contribution in [0.1, 0.15) is 74.8 Å². The first-order valence-electron chi connectivity index (χ1n) is 16.4. The van der Waals surface area contributed by atoms with Crippen LogP contribution in [0.25, 0.3) is 0 Å². The molecule has 1 saturated carbocycles. The number of alkyl carbamates (subject to hydrolysis) is 1. The van der Waals surface area contributed by atoms with Gasteiger partial charge in [-0.2, -0.15) is 13.2 Å². The van der Waals surface area contributed by atoms with E-state index in [9.17, 15) is 22.8 Å². The second-order valence-corrected chi connectivity index (χ2v) is 13.8. The number of anilines is 2. The molecule has 0 bridgehead atoms. The van der Waals surface area contributed by atoms with Crippen LogP contribution in [0, 0.1) is 5.92 Å². The van der Waals surface area contributed by atoms with Crippen LogP contribution < -0.4 is 27.0 Å². The summed E-state index contributed by atoms with van der Waals surface area (Å²) in [6, 6.07) is 22.4. The minimum Gasteiger partial charge on any atom is -0.444 e. The van der Waals surface area contributed by atoms with Gasteiger partial charge in [-0.3, -0.25) is 4.79 Å². The number of carbonyl (C=O) groups is 2. The molecular weight excluding hydrogens is 631 g/mol. The van der Waals surface area contributed by atoms with E-state index in [1.165, 1.54) is 18.4 Å². The van der Waals surface area contributed by atoms with Gasteiger partial charge >= 0.3 is 12.3 Å². The number of rotatable bonds is 13. The maximum Gasteiger partial charge on any atom is 0.415 e. The molecule has 3 aromatic carbocycles. The first-order chi connectivity index (χ1) is 23.1. The molecule has 1 aliphatic heterocycles. The lowest BCUT2D eigenvalue weighted by atomic mass is 9.79. The molecule has 0 radical (unpaired) electrons. The molecule has 2 fully saturated rings. The van der Waals surface area contributed by atoms with Crippen molar-refractivity contribution >= 4 is 23.4 Å². The monoisotopic (exact) mass is 675 g/mol. The Morgan fingerprint density at radius 2 is 1.61 bits per heavy atom. The van der Waals surface area contributed by atoms with Crippen molar-refractivity contribution < 1.29 is 27.5 Å². The average molecular weight is 676 g/mol. The predicted octanol–water partition coefficient (Wildman–Crippen LogP) is 7.80. The Labute approximate surface area is 285 Å². The number of ether oxygens (including phenoxy) is 1. The maximum absolute atomic E-state index is 13.6. The fourth-order valence-electron chi connectivity index (χ4n) is 5.49. The van der Waals surface area contributed by atoms with E-state index in [0.29, 0.717) is 41.4 Å². The molecule has 0 aromatic heterocycles. The number of allylic oxidation sites excluding steroid dienone is 2. The van der Waals surface area contributed by atoms with Gasteiger partial charge in [0.15, 0.2) is 0 Å². The molecule has 2 amide bonds. The minimum atomic E-state index is -4.75. The molecule has 0 spiro atoms. The van der Waals surface area contributed by atoms with Crippen LogP contribution >= 0.6 is 0 Å². The molecule has 2 unspecified atom stereocenters. The van der Waals surface area contributed by atoms with Crippen molar-refractivity contribution in [2.75, 3.05) is 17.2 Å². The summed E-state index contributed by atoms with van der Waals surface area (Å²) in [7, 11) is 0. The molecule has 11 heteroatoms. The van der Waals surface area contributed by atoms with Crippen LogP contribution in [0.15, 0.2) is 96.7 Å². The molecule has 1 saturated heterocycles. The number of alkyl halides is 3. The van der Waals surface area contributed by atoms with E-state index in [1.807, 2.05) is 6.07 Å². The van der Waals surface area contributed by atoms with Crippen molar-refractivity contribution in [2.24, 2.45) is 11.7 Å². The topological polar surface area (TPSA) is 127 Å². The van der Waals surface area contributed by atoms with Gasteiger partial charge in [0.1, 0.15) is 11.3 Å². The summed E-state index contributed by atoms with van der Waals surface area (Å²) < 4.78 is 46.0. The SMILES string of the molecule is C=C(/C=C(\Nc1cccc(CNC(=O)OC(C)(C)C)c1)C(=O)Nc1cccc(C(N)(CCC2CC2)c2ccc(C3CN3)cc2)c1)C(F)(F)F. The van der Waals surface area contributed by atoms with Gasteiger partial charge in [0.05, 0.1) is 11.1 Å². The smallest absolute Gasteiger partial charge is 0.415 e. The molecule has 3 aromatic rings. The molecule has 6 N–H and O–H groups in total. The largest absolute Gasteiger partial charge is 0.444 e. The summed E-state index contributed by atoms with van der Waals surface area (Å²) in [5.41, 5.74) is 8.38. The molecular formula is C38H44F3N5O3. The van der Waals surface area contributed by atoms with Crippen molar-refractivity contribution in [3.05, 3.63) is 119 Å². The van der Waals surface area contributed by atoms with Gasteiger partial charge < -0.3 is 31.7 Å². The Balaban J connectivity index is 1.36. The molecule has 49 heavy (non-hydrogen) atoms. The van der Waals surface area contributed by atoms with E-state index in [-0.39, 0.29) is 12.2 Å². The van der Waals surface area contributed by atoms with E-state index in [4.69, 9.17) is 10.5 Å². The Bertz CT molecular complexity index is 1710. The first-order valence-corrected chi connectivity index (χ1v) is 16.4. The van der Waals surface area contributed by atoms with Gasteiger partial charge in [0, 0.05) is 30.5 Å². The van der Waals surface area contributed by atoms with Gasteiger partial charge in [-0.25, -0.2) is 4.79 Å². The Morgan fingerprint density at radius 3 is 2.22 bits per heavy atom. The molecule has 260 valence electrons. The zero-order valence-electron chi connectivity index (χ0n) is 28.0. The fraction of sp³-hybridized carbons (Fsp3) is 0.368. The van der Waals surface area contributed by atoms with Crippen LogP contribution in [-0.4, -0.2) is 30.3 Å². The number of benzene rings is 3. The summed E-state index contributed by atoms with van der Waals surface area (Å²) in [5, 5.41) is 11.5. The van der Waals surface area contributed by atoms with Crippen LogP contribution in [0.4, 0.5) is 29.3 Å². The van der Waals surface area contributed by atoms with Crippen LogP contribution in [0.5, 0.6) is 0 Å². The van der Waals surface area contributed by atoms with E-state index in [0.717, 1.165) is 24.1 Å². The number of carbonyl (C=O) groups excluding carboxylic acids is 2. The third-order valence-corrected chi connectivity index (χ3v) is 8.48. The highest BCUT2D eigenvalue weighted by atomic mass is 19.4. The molecule has 8 nitrogen and oxygen atoms in total. The van der Waals surface area contributed by atoms with E-state index in [1.54, 1.807) is 63.2 Å². The molecule has 2 atom stereocenters. The van der Waals surface area contributed by atoms with Crippen LogP contribution in [0.2, 0.25) is 0 Å². The van der Waals surface area contributed by atoms with Crippen molar-refractivity contribution in [1.82, 2.24) is 10.6 Å². The zero-order valence-corrected chi connectivity index (χ0v) is 28.0. The number of amides is 2. The van der Waals surface area contributed by atoms with Crippen molar-refractivity contribution in [2.45, 2.75) is 76.4 Å². The van der Waals surface area contributed by atoms with Crippen LogP contribution in [0.3, 0.4) is 0 Å². The standard InChI is InChI=1S/C38H44F3N5O3/c1-24(38(39,40)41)19-32(45-30-9-5-7-26(20-30)22-44-35(48)49-36(2,3)4)34(47)46-31-10-6-8-29(21-31)37(42,18-17-25-11-12-25)28-15-13-27(14-16-28)33-23-43-33/h5-10,13-16,19-21,25,33,43,45H,1,11-12,17-18,22-23,42H2,2-4H3,(H,44,48)(H,46,47)/b32-19-. The number of nitrogens with two attached hydrogens (primary N) is 1. The predicted molar refractivity (Wildman–Crippen MR) is 186 cm³/mol. The highest BCUT2D eigenvalue weighted by Gasteiger charge is 2.34. The van der Waals surface area contributed by atoms with E-state index >= 15 is 0 Å². The van der Waals surface area contributed by atoms with Gasteiger partial charge in [-0.1, -0.05) is 68.0 Å². The molecule has 1 heterocycles. The lowest BCUT2D eigenvalue weighted by Gasteiger charge is -2.32. The lowest BCUT2D eigenvalue weighted by Crippen LogP contribution is -2.38. The summed E-state index contributed by atoms with van der Waals surface area (Å²) in [4.78, 5) is 25.7. The number of hydrogen-bond donors (Lipinski definition) is 5. The van der Waals surface area contributed by atoms with Gasteiger partial charge in [0.2, 0.25) is 0 Å². The summed E-state index contributed by atoms with van der Waals surface area (Å²) in [5.74, 6) is -0.158. The lowest BCUT2D eigenvalue weighted by molar-refractivity contribution is -0.112. The fourth-order valence-corrected chi connectivity index (χ4v) is 5.49. The molecule has 1 aliphatic carbocycles. The number of halogens is 3. The summed E-state index contributed by atoms with van der Waals surface area (Å²) >= 11 is 0. The summed E-state index contributed by atoms with van der Waals surface area (Å²) in [6.45, 7) is 9.41. The molecule has 5 rings (SSSR count). The maximum atomic E-state index is 13.6. The first kappa shape index (κ1) is 35.7. The van der Waals surface area contributed by atoms with Gasteiger partial charge in [-0.15, -0.1) is 0 Å². The third kappa shape index (κ3) is 10.2. The van der Waals surface area contributed by atoms with Crippen molar-refractivity contribution in [1.29, 1.82) is 0 Å². The average Bonchev–Trinajstić information content (AvgIpc) is 3.96. The van der Waals surface area contributed by atoms with Crippen molar-refractivity contribution in [3.63, 3.8) is 0 Å². The second kappa shape index (κ2) is 14.5. The highest BCUT2D eigenvalue weighted by Crippen LogP contribution is 2.40. The van der Waals surface area contributed by atoms with E-state index in [2.05, 4.69) is 52.1 Å². The van der Waals surface area contributed by atoms with Crippen molar-refractivity contribution in [3.8, 4) is 0 Å². The van der Waals surface area contributed by atoms with Crippen LogP contribution in [-0.2, 0) is 21.6 Å². The Kier molecular flexibility index (Phi) is 10.5. The summed E-state index contributed by atoms with van der Waals surface area (Å²) in [6.07, 6.45) is -0.659. The third-order valence-electron chi connectivity index (χ3n) is 8.48. The van der Waals surface area contributed by atoms with E-state index < -0.39 is 34.9 Å². The second-order valence-electron chi connectivity index (χ2n) is 13.8. The van der Waals surface area contributed by atoms with Gasteiger partial charge in [-0.05, 0) is 92.1 Å². The number of nitrogens with one attached hydrogen (secondary N) is 4. The Hall–Kier alpha value is -4.61. The normalized spacial score (nSPS) is 17.4. The number of hydrogen-bond acceptors (Lipinski definition) is 6. The zero-order chi connectivity index (χ0) is 35.4. The Morgan fingerprint density at radius 1 is 0.959 bits per heavy atom. The highest BCUT2D eigenvalue weighted by molar-refractivity contribution is 6.06.